The number of likely N-dealkylation sites (N-methyl/N-ethyl adjacent to an activating group) is 1. The van der Waals surface area contributed by atoms with Gasteiger partial charge in [0, 0.05) is 39.1 Å². The highest BCUT2D eigenvalue weighted by Crippen LogP contribution is 2.18. The highest BCUT2D eigenvalue weighted by molar-refractivity contribution is 6.35. The van der Waals surface area contributed by atoms with Crippen molar-refractivity contribution in [2.24, 2.45) is 0 Å². The lowest BCUT2D eigenvalue weighted by Crippen LogP contribution is -2.49. The summed E-state index contributed by atoms with van der Waals surface area (Å²) in [5.74, 6) is -1.38. The number of hydrogen-bond acceptors (Lipinski definition) is 4. The average Bonchev–Trinajstić information content (AvgIpc) is 2.27. The molecule has 3 N–H and O–H groups in total. The number of carbonyl (C=O) groups is 2. The van der Waals surface area contributed by atoms with E-state index in [1.807, 2.05) is 0 Å². The van der Waals surface area contributed by atoms with Crippen molar-refractivity contribution in [1.82, 2.24) is 10.6 Å². The lowest BCUT2D eigenvalue weighted by atomic mass is 9.94. The summed E-state index contributed by atoms with van der Waals surface area (Å²) in [6, 6.07) is 0. The van der Waals surface area contributed by atoms with Gasteiger partial charge >= 0.3 is 11.8 Å². The van der Waals surface area contributed by atoms with E-state index in [0.717, 1.165) is 0 Å². The molecule has 0 unspecified atom stereocenters. The smallest absolute Gasteiger partial charge is 0.309 e. The Hall–Kier alpha value is -1.14. The average molecular weight is 230 g/mol. The first kappa shape index (κ1) is 12.9. The van der Waals surface area contributed by atoms with Crippen LogP contribution < -0.4 is 10.6 Å². The van der Waals surface area contributed by atoms with Gasteiger partial charge in [-0.15, -0.1) is 0 Å². The number of hydrogen-bond donors (Lipinski definition) is 3. The molecule has 1 aliphatic heterocycles. The number of carbonyl (C=O) groups excluding carboxylic acids is 2. The van der Waals surface area contributed by atoms with Gasteiger partial charge in [-0.3, -0.25) is 9.59 Å². The molecule has 1 saturated heterocycles. The van der Waals surface area contributed by atoms with E-state index >= 15 is 0 Å². The topological polar surface area (TPSA) is 87.7 Å². The van der Waals surface area contributed by atoms with Crippen molar-refractivity contribution in [3.05, 3.63) is 0 Å². The fourth-order valence-electron chi connectivity index (χ4n) is 1.49. The van der Waals surface area contributed by atoms with Crippen molar-refractivity contribution in [2.45, 2.75) is 25.4 Å². The van der Waals surface area contributed by atoms with Crippen molar-refractivity contribution < 1.29 is 19.4 Å². The van der Waals surface area contributed by atoms with Gasteiger partial charge in [0.05, 0.1) is 5.60 Å². The lowest BCUT2D eigenvalue weighted by Gasteiger charge is -2.31. The molecule has 0 aliphatic carbocycles. The Morgan fingerprint density at radius 2 is 1.81 bits per heavy atom. The van der Waals surface area contributed by atoms with E-state index in [9.17, 15) is 14.7 Å². The second-order valence-electron chi connectivity index (χ2n) is 3.88. The fraction of sp³-hybridized carbons (Fsp3) is 0.800. The molecular weight excluding hydrogens is 212 g/mol. The molecule has 2 amide bonds. The molecule has 0 atom stereocenters. The maximum absolute atomic E-state index is 11.3. The van der Waals surface area contributed by atoms with Gasteiger partial charge in [0.25, 0.3) is 0 Å². The van der Waals surface area contributed by atoms with Crippen molar-refractivity contribution in [2.75, 3.05) is 26.3 Å². The minimum atomic E-state index is -0.944. The van der Waals surface area contributed by atoms with Crippen LogP contribution in [0.3, 0.4) is 0 Å². The van der Waals surface area contributed by atoms with Crippen LogP contribution in [0.15, 0.2) is 0 Å². The molecule has 1 fully saturated rings. The molecule has 1 heterocycles. The maximum atomic E-state index is 11.3. The SMILES string of the molecule is CCNC(=O)C(=O)NCC1(O)CCOCC1. The van der Waals surface area contributed by atoms with Crippen molar-refractivity contribution in [1.29, 1.82) is 0 Å². The van der Waals surface area contributed by atoms with Crippen LogP contribution in [-0.4, -0.2) is 48.8 Å². The van der Waals surface area contributed by atoms with Crippen LogP contribution in [0.5, 0.6) is 0 Å². The number of amides is 2. The van der Waals surface area contributed by atoms with E-state index < -0.39 is 17.4 Å². The van der Waals surface area contributed by atoms with Gasteiger partial charge in [0.15, 0.2) is 0 Å². The first-order chi connectivity index (χ1) is 7.57. The summed E-state index contributed by atoms with van der Waals surface area (Å²) in [6.07, 6.45) is 0.950. The van der Waals surface area contributed by atoms with Crippen molar-refractivity contribution in [3.63, 3.8) is 0 Å². The van der Waals surface area contributed by atoms with Crippen molar-refractivity contribution >= 4 is 11.8 Å². The molecule has 0 aromatic rings. The fourth-order valence-corrected chi connectivity index (χ4v) is 1.49. The zero-order valence-electron chi connectivity index (χ0n) is 9.41. The second kappa shape index (κ2) is 5.81. The molecule has 92 valence electrons. The Bertz CT molecular complexity index is 262. The Labute approximate surface area is 94.3 Å². The monoisotopic (exact) mass is 230 g/mol. The summed E-state index contributed by atoms with van der Waals surface area (Å²) in [7, 11) is 0. The van der Waals surface area contributed by atoms with Gasteiger partial charge in [-0.25, -0.2) is 0 Å². The molecule has 6 heteroatoms. The second-order valence-corrected chi connectivity index (χ2v) is 3.88. The minimum Gasteiger partial charge on any atom is -0.388 e. The Kier molecular flexibility index (Phi) is 4.70. The van der Waals surface area contributed by atoms with Crippen LogP contribution in [0.2, 0.25) is 0 Å². The standard InChI is InChI=1S/C10H18N2O4/c1-2-11-8(13)9(14)12-7-10(15)3-5-16-6-4-10/h15H,2-7H2,1H3,(H,11,13)(H,12,14). The third-order valence-corrected chi connectivity index (χ3v) is 2.55. The molecule has 16 heavy (non-hydrogen) atoms. The van der Waals surface area contributed by atoms with Gasteiger partial charge in [0.2, 0.25) is 0 Å². The molecule has 6 nitrogen and oxygen atoms in total. The third-order valence-electron chi connectivity index (χ3n) is 2.55. The Morgan fingerprint density at radius 1 is 1.25 bits per heavy atom. The van der Waals surface area contributed by atoms with Crippen LogP contribution in [-0.2, 0) is 14.3 Å². The van der Waals surface area contributed by atoms with Gasteiger partial charge < -0.3 is 20.5 Å². The number of ether oxygens (including phenoxy) is 1. The lowest BCUT2D eigenvalue weighted by molar-refractivity contribution is -0.140. The summed E-state index contributed by atoms with van der Waals surface area (Å²) < 4.78 is 5.11. The molecule has 0 saturated carbocycles. The van der Waals surface area contributed by atoms with Gasteiger partial charge in [-0.2, -0.15) is 0 Å². The molecule has 0 spiro atoms. The summed E-state index contributed by atoms with van der Waals surface area (Å²) >= 11 is 0. The van der Waals surface area contributed by atoms with E-state index in [0.29, 0.717) is 32.6 Å². The van der Waals surface area contributed by atoms with Crippen LogP contribution in [0.25, 0.3) is 0 Å². The van der Waals surface area contributed by atoms with E-state index in [1.54, 1.807) is 6.92 Å². The zero-order valence-corrected chi connectivity index (χ0v) is 9.41. The van der Waals surface area contributed by atoms with Gasteiger partial charge in [-0.05, 0) is 6.92 Å². The van der Waals surface area contributed by atoms with Gasteiger partial charge in [0.1, 0.15) is 0 Å². The normalized spacial score (nSPS) is 18.9. The largest absolute Gasteiger partial charge is 0.388 e. The number of aliphatic hydroxyl groups is 1. The van der Waals surface area contributed by atoms with Crippen LogP contribution in [0.4, 0.5) is 0 Å². The van der Waals surface area contributed by atoms with E-state index in [-0.39, 0.29) is 6.54 Å². The van der Waals surface area contributed by atoms with Crippen LogP contribution in [0.1, 0.15) is 19.8 Å². The quantitative estimate of drug-likeness (QED) is 0.530. The summed E-state index contributed by atoms with van der Waals surface area (Å²) in [5.41, 5.74) is -0.944. The molecule has 1 aliphatic rings. The summed E-state index contributed by atoms with van der Waals surface area (Å²) in [5, 5.41) is 14.8. The van der Waals surface area contributed by atoms with Crippen molar-refractivity contribution in [3.8, 4) is 0 Å². The Morgan fingerprint density at radius 3 is 2.38 bits per heavy atom. The summed E-state index contributed by atoms with van der Waals surface area (Å²) in [6.45, 7) is 3.19. The first-order valence-electron chi connectivity index (χ1n) is 5.43. The highest BCUT2D eigenvalue weighted by Gasteiger charge is 2.30. The Balaban J connectivity index is 2.32. The highest BCUT2D eigenvalue weighted by atomic mass is 16.5. The minimum absolute atomic E-state index is 0.0896. The zero-order chi connectivity index (χ0) is 12.0. The number of rotatable bonds is 3. The van der Waals surface area contributed by atoms with E-state index in [1.165, 1.54) is 0 Å². The maximum Gasteiger partial charge on any atom is 0.309 e. The van der Waals surface area contributed by atoms with E-state index in [2.05, 4.69) is 10.6 Å². The molecule has 1 rings (SSSR count). The van der Waals surface area contributed by atoms with Gasteiger partial charge in [-0.1, -0.05) is 0 Å². The van der Waals surface area contributed by atoms with E-state index in [4.69, 9.17) is 4.74 Å². The predicted octanol–water partition coefficient (Wildman–Crippen LogP) is -1.22. The molecule has 0 aromatic heterocycles. The molecule has 0 radical (unpaired) electrons. The molecular formula is C10H18N2O4. The van der Waals surface area contributed by atoms with Crippen LogP contribution >= 0.6 is 0 Å². The molecule has 0 bridgehead atoms. The predicted molar refractivity (Wildman–Crippen MR) is 56.7 cm³/mol. The summed E-state index contributed by atoms with van der Waals surface area (Å²) in [4.78, 5) is 22.3. The number of nitrogens with one attached hydrogen (secondary N) is 2. The first-order valence-corrected chi connectivity index (χ1v) is 5.43. The molecule has 0 aromatic carbocycles. The van der Waals surface area contributed by atoms with Crippen LogP contribution in [0, 0.1) is 0 Å². The third kappa shape index (κ3) is 3.79.